The summed E-state index contributed by atoms with van der Waals surface area (Å²) in [6.45, 7) is -4.69. The van der Waals surface area contributed by atoms with Crippen LogP contribution in [0.1, 0.15) is 0 Å². The first-order valence-electron chi connectivity index (χ1n) is 3.32. The van der Waals surface area contributed by atoms with E-state index in [2.05, 4.69) is 4.98 Å². The van der Waals surface area contributed by atoms with Crippen molar-refractivity contribution >= 4 is 18.7 Å². The molecule has 1 aromatic heterocycles. The van der Waals surface area contributed by atoms with Crippen molar-refractivity contribution in [2.75, 3.05) is 5.65 Å². The Balaban J connectivity index is 0.00000144. The van der Waals surface area contributed by atoms with Gasteiger partial charge in [0.15, 0.2) is 0 Å². The summed E-state index contributed by atoms with van der Waals surface area (Å²) in [5.74, 6) is 0. The second-order valence-corrected chi connectivity index (χ2v) is 3.30. The number of hydrogen-bond donors (Lipinski definition) is 0. The predicted molar refractivity (Wildman–Crippen MR) is 44.0 cm³/mol. The molecule has 0 saturated heterocycles. The van der Waals surface area contributed by atoms with Crippen LogP contribution in [0, 0.1) is 0 Å². The third-order valence-corrected chi connectivity index (χ3v) is 2.24. The van der Waals surface area contributed by atoms with Crippen LogP contribution in [0.15, 0.2) is 29.4 Å². The van der Waals surface area contributed by atoms with Crippen molar-refractivity contribution in [2.45, 2.75) is 4.90 Å². The van der Waals surface area contributed by atoms with Crippen LogP contribution in [0.25, 0.3) is 0 Å². The Bertz CT molecular complexity index is 243. The molecule has 1 heterocycles. The fourth-order valence-electron chi connectivity index (χ4n) is 0.625. The second-order valence-electron chi connectivity index (χ2n) is 2.20. The molecule has 0 aliphatic rings. The molecule has 0 spiro atoms. The van der Waals surface area contributed by atoms with Gasteiger partial charge in [-0.2, -0.15) is 11.8 Å². The molecule has 0 radical (unpaired) electrons. The van der Waals surface area contributed by atoms with Gasteiger partial charge in [0.25, 0.3) is 0 Å². The van der Waals surface area contributed by atoms with Crippen molar-refractivity contribution in [3.63, 3.8) is 0 Å². The van der Waals surface area contributed by atoms with E-state index in [0.717, 1.165) is 11.8 Å². The molecule has 7 heteroatoms. The van der Waals surface area contributed by atoms with Gasteiger partial charge < -0.3 is 12.9 Å². The van der Waals surface area contributed by atoms with E-state index in [4.69, 9.17) is 0 Å². The number of nitrogens with zero attached hydrogens (tertiary/aromatic N) is 1. The molecule has 0 aromatic carbocycles. The van der Waals surface area contributed by atoms with E-state index < -0.39 is 12.6 Å². The molecule has 0 atom stereocenters. The Morgan fingerprint density at radius 1 is 1.23 bits per heavy atom. The van der Waals surface area contributed by atoms with Gasteiger partial charge >= 0.3 is 58.4 Å². The summed E-state index contributed by atoms with van der Waals surface area (Å²) in [7, 11) is 0. The second kappa shape index (κ2) is 6.47. The number of pyridine rings is 1. The summed E-state index contributed by atoms with van der Waals surface area (Å²) in [4.78, 5) is 4.30. The number of halogens is 3. The fourth-order valence-corrected chi connectivity index (χ4v) is 1.32. The number of rotatable bonds is 3. The van der Waals surface area contributed by atoms with Crippen LogP contribution in [-0.4, -0.2) is 17.6 Å². The molecule has 0 amide bonds. The van der Waals surface area contributed by atoms with Gasteiger partial charge in [-0.1, -0.05) is 0 Å². The zero-order valence-electron chi connectivity index (χ0n) is 7.08. The van der Waals surface area contributed by atoms with Gasteiger partial charge in [-0.05, 0) is 17.8 Å². The van der Waals surface area contributed by atoms with Gasteiger partial charge in [0.1, 0.15) is 0 Å². The first kappa shape index (κ1) is 14.0. The molecule has 13 heavy (non-hydrogen) atoms. The van der Waals surface area contributed by atoms with Crippen molar-refractivity contribution in [1.29, 1.82) is 0 Å². The van der Waals surface area contributed by atoms with E-state index in [1.807, 2.05) is 0 Å². The maximum atomic E-state index is 11.8. The quantitative estimate of drug-likeness (QED) is 0.517. The average Bonchev–Trinajstić information content (AvgIpc) is 2.02. The molecule has 1 nitrogen and oxygen atoms in total. The number of hydrogen-bond acceptors (Lipinski definition) is 2. The molecule has 0 aliphatic heterocycles. The van der Waals surface area contributed by atoms with Crippen LogP contribution >= 0.6 is 11.8 Å². The number of aromatic nitrogens is 1. The van der Waals surface area contributed by atoms with Crippen LogP contribution in [0.2, 0.25) is 0 Å². The monoisotopic (exact) mass is 231 g/mol. The van der Waals surface area contributed by atoms with Crippen LogP contribution in [0.4, 0.5) is 12.9 Å². The summed E-state index contributed by atoms with van der Waals surface area (Å²) in [5.41, 5.74) is -0.788. The van der Waals surface area contributed by atoms with E-state index in [1.165, 1.54) is 12.4 Å². The van der Waals surface area contributed by atoms with Gasteiger partial charge in [-0.25, -0.2) is 0 Å². The summed E-state index contributed by atoms with van der Waals surface area (Å²) in [6, 6.07) is 3.12. The van der Waals surface area contributed by atoms with E-state index in [1.54, 1.807) is 12.1 Å². The third kappa shape index (κ3) is 6.98. The summed E-state index contributed by atoms with van der Waals surface area (Å²) in [6.07, 6.45) is 2.96. The van der Waals surface area contributed by atoms with Crippen molar-refractivity contribution in [3.05, 3.63) is 24.5 Å². The van der Waals surface area contributed by atoms with Gasteiger partial charge in [-0.15, -0.1) is 0 Å². The van der Waals surface area contributed by atoms with E-state index in [0.29, 0.717) is 4.90 Å². The van der Waals surface area contributed by atoms with Crippen molar-refractivity contribution in [3.8, 4) is 0 Å². The van der Waals surface area contributed by atoms with E-state index in [9.17, 15) is 12.9 Å². The Morgan fingerprint density at radius 2 is 1.77 bits per heavy atom. The molecule has 0 unspecified atom stereocenters. The number of thioether (sulfide) groups is 1. The minimum absolute atomic E-state index is 0. The molecular weight excluding hydrogens is 225 g/mol. The third-order valence-electron chi connectivity index (χ3n) is 1.09. The largest absolute Gasteiger partial charge is 1.00 e. The topological polar surface area (TPSA) is 12.9 Å². The molecule has 0 fully saturated rings. The Hall–Kier alpha value is 0.991. The van der Waals surface area contributed by atoms with Gasteiger partial charge in [0.2, 0.25) is 0 Å². The Morgan fingerprint density at radius 3 is 2.23 bits per heavy atom. The Labute approximate surface area is 121 Å². The standard InChI is InChI=1S/C6H6BF3NS.K/c8-7(9,10)5-12-6-1-3-11-4-2-6;/h1-4H,5H2;/q-1;+1. The fraction of sp³-hybridized carbons (Fsp3) is 0.167. The zero-order chi connectivity index (χ0) is 9.03. The van der Waals surface area contributed by atoms with Crippen molar-refractivity contribution in [2.24, 2.45) is 0 Å². The minimum atomic E-state index is -4.69. The normalized spacial score (nSPS) is 10.7. The van der Waals surface area contributed by atoms with Crippen LogP contribution in [0.3, 0.4) is 0 Å². The van der Waals surface area contributed by atoms with E-state index in [-0.39, 0.29) is 51.4 Å². The van der Waals surface area contributed by atoms with Crippen molar-refractivity contribution < 1.29 is 64.3 Å². The Kier molecular flexibility index (Phi) is 6.96. The van der Waals surface area contributed by atoms with Crippen molar-refractivity contribution in [1.82, 2.24) is 4.98 Å². The maximum absolute atomic E-state index is 11.8. The molecule has 0 aliphatic carbocycles. The predicted octanol–water partition coefficient (Wildman–Crippen LogP) is -0.436. The zero-order valence-corrected chi connectivity index (χ0v) is 11.0. The minimum Gasteiger partial charge on any atom is -0.448 e. The summed E-state index contributed by atoms with van der Waals surface area (Å²) in [5, 5.41) is 0. The smallest absolute Gasteiger partial charge is 0.448 e. The molecule has 0 N–H and O–H groups in total. The van der Waals surface area contributed by atoms with Gasteiger partial charge in [-0.3, -0.25) is 4.98 Å². The molecule has 1 rings (SSSR count). The first-order chi connectivity index (χ1) is 5.58. The van der Waals surface area contributed by atoms with Gasteiger partial charge in [0.05, 0.1) is 0 Å². The molecule has 66 valence electrons. The maximum Gasteiger partial charge on any atom is 1.00 e. The first-order valence-corrected chi connectivity index (χ1v) is 4.30. The molecule has 1 aromatic rings. The SMILES string of the molecule is F[B-](F)(F)CSc1ccncc1.[K+]. The van der Waals surface area contributed by atoms with Crippen LogP contribution in [-0.2, 0) is 0 Å². The van der Waals surface area contributed by atoms with E-state index >= 15 is 0 Å². The molecular formula is C6H6BF3KNS. The average molecular weight is 231 g/mol. The summed E-state index contributed by atoms with van der Waals surface area (Å²) < 4.78 is 35.3. The van der Waals surface area contributed by atoms with Gasteiger partial charge in [0, 0.05) is 17.3 Å². The van der Waals surface area contributed by atoms with Crippen LogP contribution in [0.5, 0.6) is 0 Å². The molecule has 0 bridgehead atoms. The molecule has 0 saturated carbocycles. The summed E-state index contributed by atoms with van der Waals surface area (Å²) >= 11 is 0.790. The van der Waals surface area contributed by atoms with Crippen LogP contribution < -0.4 is 51.4 Å².